The summed E-state index contributed by atoms with van der Waals surface area (Å²) in [5.74, 6) is 4.25. The molecule has 8 aromatic rings. The van der Waals surface area contributed by atoms with Gasteiger partial charge >= 0.3 is 0 Å². The first-order chi connectivity index (χ1) is 27.4. The third-order valence-corrected chi connectivity index (χ3v) is 12.3. The van der Waals surface area contributed by atoms with Crippen LogP contribution < -0.4 is 0 Å². The Kier molecular flexibility index (Phi) is 8.37. The zero-order valence-corrected chi connectivity index (χ0v) is 31.7. The minimum Gasteiger partial charge on any atom is -0.456 e. The Morgan fingerprint density at radius 2 is 1.20 bits per heavy atom. The standard InChI is InChI=1S/C51H42N4O/c1-32-24-35-25-33(2)29-51(28-32,30-35)40-21-19-37(20-22-40)48-53-49(55-50(54-48)43-15-7-6-14-41(43)36-10-4-3-5-11-36)39-13-8-12-38(27-39)42-16-9-17-45-47(42)44-23-18-34(31-52)26-46(44)56-45/h3-23,26-27,32-33,35H,24-25,28-30H2,1-2H3/t32-,33+,35?,51?. The van der Waals surface area contributed by atoms with Gasteiger partial charge < -0.3 is 4.42 Å². The smallest absolute Gasteiger partial charge is 0.164 e. The van der Waals surface area contributed by atoms with Gasteiger partial charge in [0.1, 0.15) is 11.2 Å². The molecule has 5 heteroatoms. The molecule has 0 saturated heterocycles. The lowest BCUT2D eigenvalue weighted by Crippen LogP contribution is -2.42. The molecule has 0 amide bonds. The number of hydrogen-bond acceptors (Lipinski definition) is 5. The Morgan fingerprint density at radius 1 is 0.554 bits per heavy atom. The zero-order chi connectivity index (χ0) is 37.8. The molecule has 6 aromatic carbocycles. The molecule has 2 aromatic heterocycles. The Hall–Kier alpha value is -6.38. The van der Waals surface area contributed by atoms with Crippen molar-refractivity contribution in [2.24, 2.45) is 17.8 Å². The van der Waals surface area contributed by atoms with Crippen molar-refractivity contribution in [2.75, 3.05) is 0 Å². The van der Waals surface area contributed by atoms with Crippen LogP contribution in [0.15, 0.2) is 144 Å². The van der Waals surface area contributed by atoms with Crippen LogP contribution in [0.1, 0.15) is 57.1 Å². The number of nitriles is 1. The summed E-state index contributed by atoms with van der Waals surface area (Å²) in [7, 11) is 0. The van der Waals surface area contributed by atoms with E-state index in [2.05, 4.69) is 123 Å². The van der Waals surface area contributed by atoms with Crippen molar-refractivity contribution >= 4 is 21.9 Å². The van der Waals surface area contributed by atoms with Crippen LogP contribution in [-0.2, 0) is 5.41 Å². The quantitative estimate of drug-likeness (QED) is 0.170. The Labute approximate surface area is 327 Å². The number of aromatic nitrogens is 3. The molecule has 0 radical (unpaired) electrons. The molecular weight excluding hydrogens is 685 g/mol. The van der Waals surface area contributed by atoms with E-state index in [1.165, 1.54) is 37.7 Å². The summed E-state index contributed by atoms with van der Waals surface area (Å²) in [5.41, 5.74) is 10.9. The number of furan rings is 1. The minimum atomic E-state index is 0.254. The third kappa shape index (κ3) is 6.07. The highest BCUT2D eigenvalue weighted by atomic mass is 16.3. The van der Waals surface area contributed by atoms with Gasteiger partial charge in [-0.3, -0.25) is 0 Å². The summed E-state index contributed by atoms with van der Waals surface area (Å²) < 4.78 is 6.24. The maximum atomic E-state index is 9.51. The fourth-order valence-corrected chi connectivity index (χ4v) is 10.3. The molecule has 2 aliphatic carbocycles. The SMILES string of the molecule is C[C@@H]1CC2C[C@H](C)CC(c3ccc(-c4nc(-c5cccc(-c6cccc7oc8cc(C#N)ccc8c67)c5)nc(-c5ccccc5-c5ccccc5)n4)cc3)(C2)C1. The zero-order valence-electron chi connectivity index (χ0n) is 31.7. The summed E-state index contributed by atoms with van der Waals surface area (Å²) in [5, 5.41) is 11.5. The summed E-state index contributed by atoms with van der Waals surface area (Å²) in [4.78, 5) is 15.6. The molecule has 5 nitrogen and oxygen atoms in total. The molecule has 4 atom stereocenters. The summed E-state index contributed by atoms with van der Waals surface area (Å²) in [6, 6.07) is 50.4. The lowest BCUT2D eigenvalue weighted by atomic mass is 9.54. The maximum Gasteiger partial charge on any atom is 0.164 e. The Balaban J connectivity index is 1.11. The van der Waals surface area contributed by atoms with Gasteiger partial charge in [-0.05, 0) is 113 Å². The lowest BCUT2D eigenvalue weighted by molar-refractivity contribution is 0.0780. The van der Waals surface area contributed by atoms with Gasteiger partial charge in [-0.1, -0.05) is 123 Å². The molecule has 10 rings (SSSR count). The van der Waals surface area contributed by atoms with E-state index in [1.807, 2.05) is 36.4 Å². The molecule has 2 saturated carbocycles. The number of fused-ring (bicyclic) bond motifs is 5. The summed E-state index contributed by atoms with van der Waals surface area (Å²) in [6.07, 6.45) is 6.57. The van der Waals surface area contributed by atoms with Gasteiger partial charge in [-0.25, -0.2) is 15.0 Å². The predicted octanol–water partition coefficient (Wildman–Crippen LogP) is 13.1. The van der Waals surface area contributed by atoms with Gasteiger partial charge in [0.2, 0.25) is 0 Å². The molecule has 2 bridgehead atoms. The van der Waals surface area contributed by atoms with E-state index in [1.54, 1.807) is 0 Å². The van der Waals surface area contributed by atoms with Crippen LogP contribution in [0.2, 0.25) is 0 Å². The van der Waals surface area contributed by atoms with E-state index in [9.17, 15) is 5.26 Å². The van der Waals surface area contributed by atoms with E-state index in [4.69, 9.17) is 19.4 Å². The van der Waals surface area contributed by atoms with E-state index in [-0.39, 0.29) is 5.41 Å². The van der Waals surface area contributed by atoms with Gasteiger partial charge in [0.25, 0.3) is 0 Å². The number of hydrogen-bond donors (Lipinski definition) is 0. The average Bonchev–Trinajstić information content (AvgIpc) is 3.61. The van der Waals surface area contributed by atoms with E-state index >= 15 is 0 Å². The number of rotatable bonds is 6. The van der Waals surface area contributed by atoms with Gasteiger partial charge in [0.15, 0.2) is 17.5 Å². The predicted molar refractivity (Wildman–Crippen MR) is 226 cm³/mol. The highest BCUT2D eigenvalue weighted by Crippen LogP contribution is 2.54. The van der Waals surface area contributed by atoms with Crippen LogP contribution in [0.3, 0.4) is 0 Å². The maximum absolute atomic E-state index is 9.51. The Morgan fingerprint density at radius 3 is 1.96 bits per heavy atom. The van der Waals surface area contributed by atoms with Crippen LogP contribution in [-0.4, -0.2) is 15.0 Å². The van der Waals surface area contributed by atoms with Crippen molar-refractivity contribution in [1.82, 2.24) is 15.0 Å². The van der Waals surface area contributed by atoms with E-state index < -0.39 is 0 Å². The second kappa shape index (κ2) is 13.7. The van der Waals surface area contributed by atoms with E-state index in [0.29, 0.717) is 28.6 Å². The summed E-state index contributed by atoms with van der Waals surface area (Å²) in [6.45, 7) is 4.90. The fourth-order valence-electron chi connectivity index (χ4n) is 10.3. The second-order valence-corrected chi connectivity index (χ2v) is 16.4. The topological polar surface area (TPSA) is 75.6 Å². The van der Waals surface area contributed by atoms with Crippen molar-refractivity contribution in [2.45, 2.75) is 51.4 Å². The van der Waals surface area contributed by atoms with Crippen LogP contribution in [0, 0.1) is 29.1 Å². The normalized spacial score (nSPS) is 20.6. The average molecular weight is 727 g/mol. The van der Waals surface area contributed by atoms with Gasteiger partial charge in [-0.2, -0.15) is 5.26 Å². The van der Waals surface area contributed by atoms with Crippen molar-refractivity contribution in [3.05, 3.63) is 151 Å². The van der Waals surface area contributed by atoms with Crippen molar-refractivity contribution in [3.8, 4) is 62.5 Å². The Bertz CT molecular complexity index is 2780. The van der Waals surface area contributed by atoms with Gasteiger partial charge in [0.05, 0.1) is 11.6 Å². The first kappa shape index (κ1) is 34.1. The monoisotopic (exact) mass is 726 g/mol. The van der Waals surface area contributed by atoms with Crippen molar-refractivity contribution in [3.63, 3.8) is 0 Å². The third-order valence-electron chi connectivity index (χ3n) is 12.3. The summed E-state index contributed by atoms with van der Waals surface area (Å²) >= 11 is 0. The highest BCUT2D eigenvalue weighted by molar-refractivity contribution is 6.12. The number of benzene rings is 6. The largest absolute Gasteiger partial charge is 0.456 e. The molecule has 2 fully saturated rings. The molecule has 0 aliphatic heterocycles. The molecule has 2 heterocycles. The minimum absolute atomic E-state index is 0.254. The molecule has 0 N–H and O–H groups in total. The second-order valence-electron chi connectivity index (χ2n) is 16.4. The first-order valence-corrected chi connectivity index (χ1v) is 19.9. The lowest BCUT2D eigenvalue weighted by Gasteiger charge is -2.50. The van der Waals surface area contributed by atoms with Crippen LogP contribution >= 0.6 is 0 Å². The fraction of sp³-hybridized carbons (Fsp3) is 0.216. The van der Waals surface area contributed by atoms with Crippen molar-refractivity contribution in [1.29, 1.82) is 5.26 Å². The van der Waals surface area contributed by atoms with Crippen molar-refractivity contribution < 1.29 is 4.42 Å². The molecule has 2 unspecified atom stereocenters. The van der Waals surface area contributed by atoms with Crippen LogP contribution in [0.25, 0.3) is 78.4 Å². The number of nitrogens with zero attached hydrogens (tertiary/aromatic N) is 4. The van der Waals surface area contributed by atoms with Crippen LogP contribution in [0.5, 0.6) is 0 Å². The molecular formula is C51H42N4O. The first-order valence-electron chi connectivity index (χ1n) is 19.9. The van der Waals surface area contributed by atoms with E-state index in [0.717, 1.165) is 73.1 Å². The highest BCUT2D eigenvalue weighted by Gasteiger charge is 2.45. The molecule has 2 aliphatic rings. The van der Waals surface area contributed by atoms with Crippen LogP contribution in [0.4, 0.5) is 0 Å². The van der Waals surface area contributed by atoms with Gasteiger partial charge in [0, 0.05) is 27.5 Å². The molecule has 272 valence electrons. The molecule has 0 spiro atoms. The molecule has 56 heavy (non-hydrogen) atoms. The van der Waals surface area contributed by atoms with Gasteiger partial charge in [-0.15, -0.1) is 0 Å².